The van der Waals surface area contributed by atoms with Gasteiger partial charge in [0.05, 0.1) is 37.2 Å². The molecule has 0 aliphatic heterocycles. The second kappa shape index (κ2) is 11.4. The van der Waals surface area contributed by atoms with Crippen LogP contribution < -0.4 is 0 Å². The molecule has 2 nitrogen and oxygen atoms in total. The van der Waals surface area contributed by atoms with Gasteiger partial charge in [-0.15, -0.1) is 22.7 Å². The van der Waals surface area contributed by atoms with Gasteiger partial charge < -0.3 is 9.13 Å². The molecule has 0 radical (unpaired) electrons. The highest BCUT2D eigenvalue weighted by atomic mass is 32.1. The molecule has 0 bridgehead atoms. The van der Waals surface area contributed by atoms with Crippen LogP contribution in [0.25, 0.3) is 117 Å². The van der Waals surface area contributed by atoms with Crippen LogP contribution in [0.1, 0.15) is 0 Å². The van der Waals surface area contributed by atoms with Crippen molar-refractivity contribution in [1.29, 1.82) is 0 Å². The first-order chi connectivity index (χ1) is 27.8. The third-order valence-electron chi connectivity index (χ3n) is 11.9. The normalized spacial score (nSPS) is 12.3. The van der Waals surface area contributed by atoms with Gasteiger partial charge in [0.2, 0.25) is 0 Å². The van der Waals surface area contributed by atoms with Gasteiger partial charge in [0.25, 0.3) is 0 Å². The highest BCUT2D eigenvalue weighted by Crippen LogP contribution is 2.49. The first-order valence-corrected chi connectivity index (χ1v) is 20.7. The predicted octanol–water partition coefficient (Wildman–Crippen LogP) is 15.4. The van der Waals surface area contributed by atoms with E-state index in [0.29, 0.717) is 0 Å². The highest BCUT2D eigenvalue weighted by Gasteiger charge is 2.24. The molecule has 0 N–H and O–H groups in total. The molecule has 0 unspecified atom stereocenters. The molecule has 4 aromatic heterocycles. The summed E-state index contributed by atoms with van der Waals surface area (Å²) in [6.45, 7) is 0. The molecule has 0 atom stereocenters. The maximum atomic E-state index is 2.57. The van der Waals surface area contributed by atoms with E-state index in [1.54, 1.807) is 0 Å². The number of fused-ring (bicyclic) bond motifs is 15. The fourth-order valence-electron chi connectivity index (χ4n) is 9.51. The first-order valence-electron chi connectivity index (χ1n) is 19.1. The molecule has 0 saturated heterocycles. The van der Waals surface area contributed by atoms with Crippen molar-refractivity contribution in [3.8, 4) is 22.5 Å². The summed E-state index contributed by atoms with van der Waals surface area (Å²) < 4.78 is 10.3. The largest absolute Gasteiger partial charge is 0.308 e. The highest BCUT2D eigenvalue weighted by molar-refractivity contribution is 7.27. The lowest BCUT2D eigenvalue weighted by Gasteiger charge is -2.16. The monoisotopic (exact) mass is 746 g/mol. The Morgan fingerprint density at radius 1 is 0.357 bits per heavy atom. The van der Waals surface area contributed by atoms with Gasteiger partial charge in [-0.3, -0.25) is 0 Å². The smallest absolute Gasteiger partial charge is 0.0726 e. The molecule has 4 heterocycles. The molecule has 0 amide bonds. The van der Waals surface area contributed by atoms with Crippen molar-refractivity contribution in [3.05, 3.63) is 182 Å². The first kappa shape index (κ1) is 30.6. The minimum atomic E-state index is 1.17. The quantitative estimate of drug-likeness (QED) is 0.170. The SMILES string of the molecule is c1ccc(-n2c3ccccc3c3c(-c4cc(-n5c6ccccc6c6ccc7c8ccccc8sc7c65)c5ccccc5c4)cc4c5ccccc5sc4c32)cc1. The van der Waals surface area contributed by atoms with Gasteiger partial charge in [0.15, 0.2) is 0 Å². The van der Waals surface area contributed by atoms with Crippen molar-refractivity contribution in [2.45, 2.75) is 0 Å². The van der Waals surface area contributed by atoms with E-state index < -0.39 is 0 Å². The molecular weight excluding hydrogens is 717 g/mol. The summed E-state index contributed by atoms with van der Waals surface area (Å²) in [5.41, 5.74) is 9.82. The van der Waals surface area contributed by atoms with E-state index in [0.717, 1.165) is 0 Å². The average molecular weight is 747 g/mol. The summed E-state index contributed by atoms with van der Waals surface area (Å²) in [6, 6.07) is 67.6. The number of thiophene rings is 2. The topological polar surface area (TPSA) is 9.86 Å². The van der Waals surface area contributed by atoms with E-state index in [1.807, 2.05) is 22.7 Å². The third kappa shape index (κ3) is 4.09. The lowest BCUT2D eigenvalue weighted by molar-refractivity contribution is 1.19. The molecule has 13 aromatic rings. The van der Waals surface area contributed by atoms with Gasteiger partial charge in [-0.1, -0.05) is 127 Å². The molecule has 56 heavy (non-hydrogen) atoms. The van der Waals surface area contributed by atoms with E-state index in [1.165, 1.54) is 117 Å². The zero-order chi connectivity index (χ0) is 36.5. The lowest BCUT2D eigenvalue weighted by atomic mass is 9.94. The van der Waals surface area contributed by atoms with E-state index in [2.05, 4.69) is 191 Å². The van der Waals surface area contributed by atoms with Crippen LogP contribution in [0.4, 0.5) is 0 Å². The standard InChI is InChI=1S/C52H30N2S2/c1-2-15-33(16-3-1)53-44-23-11-7-21-40(44)48-41(30-42-37-20-9-13-25-47(37)56-52(42)50(48)53)32-28-31-14-4-5-17-34(31)45(29-32)54-43-22-10-6-18-35(43)38-26-27-39-36-19-8-12-24-46(36)55-51(39)49(38)54/h1-30H. The number of nitrogens with zero attached hydrogens (tertiary/aromatic N) is 2. The zero-order valence-electron chi connectivity index (χ0n) is 30.0. The number of rotatable bonds is 3. The maximum Gasteiger partial charge on any atom is 0.0726 e. The Morgan fingerprint density at radius 3 is 1.70 bits per heavy atom. The minimum absolute atomic E-state index is 1.17. The Balaban J connectivity index is 1.22. The molecule has 4 heteroatoms. The Kier molecular flexibility index (Phi) is 6.23. The fraction of sp³-hybridized carbons (Fsp3) is 0. The number of aromatic nitrogens is 2. The summed E-state index contributed by atoms with van der Waals surface area (Å²) in [5, 5.41) is 12.8. The average Bonchev–Trinajstić information content (AvgIpc) is 4.01. The van der Waals surface area contributed by atoms with Crippen LogP contribution in [0.5, 0.6) is 0 Å². The van der Waals surface area contributed by atoms with Crippen LogP contribution in [-0.2, 0) is 0 Å². The Hall–Kier alpha value is -6.72. The summed E-state index contributed by atoms with van der Waals surface area (Å²) in [4.78, 5) is 0. The molecule has 13 rings (SSSR count). The molecule has 0 spiro atoms. The fourth-order valence-corrected chi connectivity index (χ4v) is 12.0. The summed E-state index contributed by atoms with van der Waals surface area (Å²) in [5.74, 6) is 0. The molecule has 260 valence electrons. The summed E-state index contributed by atoms with van der Waals surface area (Å²) >= 11 is 3.81. The number of benzene rings is 9. The number of hydrogen-bond acceptors (Lipinski definition) is 2. The second-order valence-electron chi connectivity index (χ2n) is 14.8. The van der Waals surface area contributed by atoms with Gasteiger partial charge in [0, 0.05) is 63.6 Å². The maximum absolute atomic E-state index is 2.57. The molecule has 0 aliphatic carbocycles. The Bertz CT molecular complexity index is 3760. The predicted molar refractivity (Wildman–Crippen MR) is 244 cm³/mol. The van der Waals surface area contributed by atoms with Crippen molar-refractivity contribution in [3.63, 3.8) is 0 Å². The summed E-state index contributed by atoms with van der Waals surface area (Å²) in [6.07, 6.45) is 0. The summed E-state index contributed by atoms with van der Waals surface area (Å²) in [7, 11) is 0. The van der Waals surface area contributed by atoms with Crippen molar-refractivity contribution in [2.24, 2.45) is 0 Å². The molecular formula is C52H30N2S2. The number of para-hydroxylation sites is 3. The van der Waals surface area contributed by atoms with Gasteiger partial charge >= 0.3 is 0 Å². The zero-order valence-corrected chi connectivity index (χ0v) is 31.7. The van der Waals surface area contributed by atoms with Crippen LogP contribution in [0.2, 0.25) is 0 Å². The van der Waals surface area contributed by atoms with Gasteiger partial charge in [-0.05, 0) is 71.1 Å². The van der Waals surface area contributed by atoms with Crippen molar-refractivity contribution < 1.29 is 0 Å². The molecule has 0 saturated carbocycles. The second-order valence-corrected chi connectivity index (χ2v) is 16.9. The van der Waals surface area contributed by atoms with Crippen LogP contribution in [0.3, 0.4) is 0 Å². The van der Waals surface area contributed by atoms with Gasteiger partial charge in [-0.2, -0.15) is 0 Å². The van der Waals surface area contributed by atoms with E-state index in [-0.39, 0.29) is 0 Å². The van der Waals surface area contributed by atoms with Gasteiger partial charge in [-0.25, -0.2) is 0 Å². The molecule has 0 aliphatic rings. The van der Waals surface area contributed by atoms with Crippen molar-refractivity contribution in [2.75, 3.05) is 0 Å². The van der Waals surface area contributed by atoms with Crippen LogP contribution in [0, 0.1) is 0 Å². The third-order valence-corrected chi connectivity index (χ3v) is 14.3. The van der Waals surface area contributed by atoms with Crippen LogP contribution >= 0.6 is 22.7 Å². The minimum Gasteiger partial charge on any atom is -0.308 e. The number of hydrogen-bond donors (Lipinski definition) is 0. The molecule has 0 fully saturated rings. The lowest BCUT2D eigenvalue weighted by Crippen LogP contribution is -1.97. The van der Waals surface area contributed by atoms with E-state index >= 15 is 0 Å². The van der Waals surface area contributed by atoms with Gasteiger partial charge in [0.1, 0.15) is 0 Å². The van der Waals surface area contributed by atoms with E-state index in [9.17, 15) is 0 Å². The Morgan fingerprint density at radius 2 is 0.929 bits per heavy atom. The molecule has 9 aromatic carbocycles. The Labute approximate surface area is 329 Å². The van der Waals surface area contributed by atoms with Crippen LogP contribution in [0.15, 0.2) is 182 Å². The van der Waals surface area contributed by atoms with Crippen molar-refractivity contribution in [1.82, 2.24) is 9.13 Å². The van der Waals surface area contributed by atoms with Crippen LogP contribution in [-0.4, -0.2) is 9.13 Å². The van der Waals surface area contributed by atoms with Crippen molar-refractivity contribution >= 4 is 117 Å². The van der Waals surface area contributed by atoms with E-state index in [4.69, 9.17) is 0 Å².